The third kappa shape index (κ3) is 3.27. The maximum absolute atomic E-state index is 12.5. The fourth-order valence-corrected chi connectivity index (χ4v) is 1.97. The molecule has 0 unspecified atom stereocenters. The third-order valence-corrected chi connectivity index (χ3v) is 3.03. The van der Waals surface area contributed by atoms with E-state index in [4.69, 9.17) is 5.11 Å². The highest BCUT2D eigenvalue weighted by atomic mass is 19.4. The van der Waals surface area contributed by atoms with E-state index >= 15 is 0 Å². The average Bonchev–Trinajstić information content (AvgIpc) is 2.46. The lowest BCUT2D eigenvalue weighted by atomic mass is 10.1. The number of nitrogens with zero attached hydrogens (tertiary/aromatic N) is 1. The molecule has 0 bridgehead atoms. The Balaban J connectivity index is 2.21. The average molecular weight is 309 g/mol. The second-order valence-electron chi connectivity index (χ2n) is 4.50. The van der Waals surface area contributed by atoms with Crippen LogP contribution in [0.1, 0.15) is 11.1 Å². The molecule has 1 heterocycles. The predicted molar refractivity (Wildman–Crippen MR) is 71.1 cm³/mol. The van der Waals surface area contributed by atoms with Gasteiger partial charge in [0.1, 0.15) is 5.70 Å². The van der Waals surface area contributed by atoms with E-state index in [0.29, 0.717) is 5.56 Å². The Morgan fingerprint density at radius 1 is 1.23 bits per heavy atom. The summed E-state index contributed by atoms with van der Waals surface area (Å²) in [6.07, 6.45) is -0.263. The highest BCUT2D eigenvalue weighted by molar-refractivity contribution is 5.95. The maximum Gasteiger partial charge on any atom is 0.416 e. The van der Waals surface area contributed by atoms with E-state index in [0.717, 1.165) is 12.1 Å². The van der Waals surface area contributed by atoms with Crippen LogP contribution in [-0.2, 0) is 22.3 Å². The molecule has 0 amide bonds. The summed E-state index contributed by atoms with van der Waals surface area (Å²) in [7, 11) is 0. The number of halogens is 3. The minimum atomic E-state index is -4.42. The molecular weight excluding hydrogens is 299 g/mol. The van der Waals surface area contributed by atoms with Gasteiger partial charge in [0.25, 0.3) is 0 Å². The van der Waals surface area contributed by atoms with Gasteiger partial charge in [-0.3, -0.25) is 0 Å². The molecule has 0 atom stereocenters. The van der Waals surface area contributed by atoms with Crippen molar-refractivity contribution in [1.82, 2.24) is 4.90 Å². The zero-order valence-corrected chi connectivity index (χ0v) is 11.1. The van der Waals surface area contributed by atoms with Gasteiger partial charge >= 0.3 is 12.1 Å². The standard InChI is InChI=1S/C15H10F3NO3/c16-15(17,18)11-5-3-10(4-6-11)8-19-7-1-2-12(14(21)22)13(19)9-20/h1-7H,8H2,(H,21,22). The molecule has 1 aliphatic heterocycles. The number of carboxylic acids is 1. The summed E-state index contributed by atoms with van der Waals surface area (Å²) in [5.74, 6) is 0.276. The summed E-state index contributed by atoms with van der Waals surface area (Å²) in [6, 6.07) is 4.41. The molecule has 0 saturated heterocycles. The summed E-state index contributed by atoms with van der Waals surface area (Å²) >= 11 is 0. The number of benzene rings is 1. The highest BCUT2D eigenvalue weighted by Gasteiger charge is 2.30. The van der Waals surface area contributed by atoms with Crippen LogP contribution in [0.5, 0.6) is 0 Å². The van der Waals surface area contributed by atoms with E-state index in [-0.39, 0.29) is 17.8 Å². The number of rotatable bonds is 3. The Morgan fingerprint density at radius 2 is 1.86 bits per heavy atom. The fraction of sp³-hybridized carbons (Fsp3) is 0.133. The summed E-state index contributed by atoms with van der Waals surface area (Å²) < 4.78 is 37.5. The van der Waals surface area contributed by atoms with E-state index < -0.39 is 17.7 Å². The topological polar surface area (TPSA) is 57.6 Å². The Hall–Kier alpha value is -2.79. The van der Waals surface area contributed by atoms with Crippen molar-refractivity contribution in [3.05, 3.63) is 65.0 Å². The number of hydrogen-bond acceptors (Lipinski definition) is 3. The molecule has 0 saturated carbocycles. The normalized spacial score (nSPS) is 14.6. The van der Waals surface area contributed by atoms with Crippen LogP contribution in [0, 0.1) is 0 Å². The first-order chi connectivity index (χ1) is 10.3. The van der Waals surface area contributed by atoms with Gasteiger partial charge < -0.3 is 10.0 Å². The van der Waals surface area contributed by atoms with E-state index in [9.17, 15) is 22.8 Å². The number of allylic oxidation sites excluding steroid dienone is 2. The van der Waals surface area contributed by atoms with Crippen LogP contribution in [0.25, 0.3) is 0 Å². The van der Waals surface area contributed by atoms with Gasteiger partial charge in [0.05, 0.1) is 11.1 Å². The van der Waals surface area contributed by atoms with Gasteiger partial charge in [-0.25, -0.2) is 9.59 Å². The summed E-state index contributed by atoms with van der Waals surface area (Å²) in [6.45, 7) is 0.0594. The van der Waals surface area contributed by atoms with Crippen molar-refractivity contribution in [3.63, 3.8) is 0 Å². The molecule has 1 aromatic carbocycles. The number of hydrogen-bond donors (Lipinski definition) is 1. The van der Waals surface area contributed by atoms with Gasteiger partial charge in [0, 0.05) is 12.7 Å². The third-order valence-electron chi connectivity index (χ3n) is 3.03. The molecule has 7 heteroatoms. The molecular formula is C15H10F3NO3. The quantitative estimate of drug-likeness (QED) is 0.872. The van der Waals surface area contributed by atoms with Gasteiger partial charge in [-0.1, -0.05) is 12.1 Å². The number of carbonyl (C=O) groups is 1. The summed E-state index contributed by atoms with van der Waals surface area (Å²) in [5, 5.41) is 9.00. The smallest absolute Gasteiger partial charge is 0.416 e. The van der Waals surface area contributed by atoms with Gasteiger partial charge in [-0.05, 0) is 29.8 Å². The van der Waals surface area contributed by atoms with E-state index in [2.05, 4.69) is 0 Å². The number of carbonyl (C=O) groups excluding carboxylic acids is 1. The van der Waals surface area contributed by atoms with E-state index in [1.807, 2.05) is 0 Å². The molecule has 4 nitrogen and oxygen atoms in total. The van der Waals surface area contributed by atoms with Gasteiger partial charge in [-0.2, -0.15) is 13.2 Å². The molecule has 0 radical (unpaired) electrons. The Morgan fingerprint density at radius 3 is 2.36 bits per heavy atom. The minimum Gasteiger partial charge on any atom is -0.478 e. The number of aliphatic carboxylic acids is 1. The lowest BCUT2D eigenvalue weighted by Gasteiger charge is -2.23. The van der Waals surface area contributed by atoms with Crippen LogP contribution in [0.4, 0.5) is 13.2 Å². The van der Waals surface area contributed by atoms with Crippen molar-refractivity contribution >= 4 is 11.9 Å². The van der Waals surface area contributed by atoms with Gasteiger partial charge in [0.15, 0.2) is 5.94 Å². The molecule has 22 heavy (non-hydrogen) atoms. The number of alkyl halides is 3. The zero-order valence-electron chi connectivity index (χ0n) is 11.1. The molecule has 1 aromatic rings. The Bertz CT molecular complexity index is 696. The van der Waals surface area contributed by atoms with Crippen LogP contribution in [0.3, 0.4) is 0 Å². The predicted octanol–water partition coefficient (Wildman–Crippen LogP) is 2.76. The van der Waals surface area contributed by atoms with Crippen molar-refractivity contribution in [3.8, 4) is 0 Å². The first-order valence-electron chi connectivity index (χ1n) is 6.13. The number of carboxylic acid groups (broad SMARTS) is 1. The van der Waals surface area contributed by atoms with Crippen molar-refractivity contribution < 1.29 is 27.9 Å². The van der Waals surface area contributed by atoms with Gasteiger partial charge in [-0.15, -0.1) is 0 Å². The first kappa shape index (κ1) is 15.6. The second kappa shape index (κ2) is 5.91. The van der Waals surface area contributed by atoms with E-state index in [1.54, 1.807) is 5.94 Å². The molecule has 1 N–H and O–H groups in total. The lowest BCUT2D eigenvalue weighted by molar-refractivity contribution is -0.137. The summed E-state index contributed by atoms with van der Waals surface area (Å²) in [5.41, 5.74) is -0.668. The van der Waals surface area contributed by atoms with Crippen molar-refractivity contribution in [1.29, 1.82) is 0 Å². The monoisotopic (exact) mass is 309 g/mol. The molecule has 114 valence electrons. The Kier molecular flexibility index (Phi) is 4.19. The molecule has 2 rings (SSSR count). The highest BCUT2D eigenvalue weighted by Crippen LogP contribution is 2.29. The summed E-state index contributed by atoms with van der Waals surface area (Å²) in [4.78, 5) is 23.3. The lowest BCUT2D eigenvalue weighted by Crippen LogP contribution is -2.23. The molecule has 0 aliphatic carbocycles. The Labute approximate surface area is 123 Å². The van der Waals surface area contributed by atoms with Crippen LogP contribution in [0.2, 0.25) is 0 Å². The van der Waals surface area contributed by atoms with Crippen molar-refractivity contribution in [2.24, 2.45) is 0 Å². The maximum atomic E-state index is 12.5. The molecule has 1 aliphatic rings. The zero-order chi connectivity index (χ0) is 16.3. The van der Waals surface area contributed by atoms with Crippen LogP contribution in [0.15, 0.2) is 53.9 Å². The van der Waals surface area contributed by atoms with Crippen LogP contribution < -0.4 is 0 Å². The van der Waals surface area contributed by atoms with Crippen molar-refractivity contribution in [2.45, 2.75) is 12.7 Å². The van der Waals surface area contributed by atoms with Crippen molar-refractivity contribution in [2.75, 3.05) is 0 Å². The fourth-order valence-electron chi connectivity index (χ4n) is 1.97. The van der Waals surface area contributed by atoms with Crippen LogP contribution in [-0.4, -0.2) is 21.9 Å². The largest absolute Gasteiger partial charge is 0.478 e. The van der Waals surface area contributed by atoms with Gasteiger partial charge in [0.2, 0.25) is 0 Å². The molecule has 0 fully saturated rings. The molecule has 0 spiro atoms. The van der Waals surface area contributed by atoms with E-state index in [1.165, 1.54) is 35.4 Å². The minimum absolute atomic E-state index is 0.0594. The SMILES string of the molecule is O=C=C1C(C(=O)O)=CC=CN1Cc1ccc(C(F)(F)F)cc1. The second-order valence-corrected chi connectivity index (χ2v) is 4.50. The first-order valence-corrected chi connectivity index (χ1v) is 6.13. The molecule has 0 aromatic heterocycles. The van der Waals surface area contributed by atoms with Crippen LogP contribution >= 0.6 is 0 Å².